The first-order valence-electron chi connectivity index (χ1n) is 12.0. The van der Waals surface area contributed by atoms with Gasteiger partial charge in [0.2, 0.25) is 17.5 Å². The van der Waals surface area contributed by atoms with E-state index in [0.29, 0.717) is 25.0 Å². The van der Waals surface area contributed by atoms with E-state index in [1.807, 2.05) is 0 Å². The number of aromatic nitrogens is 4. The molecular weight excluding hydrogens is 498 g/mol. The number of hydrogen-bond donors (Lipinski definition) is 1. The number of fused-ring (bicyclic) bond motifs is 1. The van der Waals surface area contributed by atoms with Crippen LogP contribution in [0.15, 0.2) is 18.9 Å². The fourth-order valence-corrected chi connectivity index (χ4v) is 4.27. The smallest absolute Gasteiger partial charge is 0.255 e. The van der Waals surface area contributed by atoms with Gasteiger partial charge in [0, 0.05) is 19.3 Å². The van der Waals surface area contributed by atoms with Gasteiger partial charge in [-0.15, -0.1) is 0 Å². The van der Waals surface area contributed by atoms with Crippen LogP contribution in [0.2, 0.25) is 0 Å². The Balaban J connectivity index is 1.91. The minimum atomic E-state index is -1.09. The largest absolute Gasteiger partial charge is 0.476 e. The first kappa shape index (κ1) is 26.5. The van der Waals surface area contributed by atoms with Gasteiger partial charge >= 0.3 is 0 Å². The third-order valence-corrected chi connectivity index (χ3v) is 6.01. The Kier molecular flexibility index (Phi) is 7.57. The lowest BCUT2D eigenvalue weighted by Crippen LogP contribution is -2.27. The first-order valence-corrected chi connectivity index (χ1v) is 12.0. The van der Waals surface area contributed by atoms with Crippen LogP contribution in [0.5, 0.6) is 11.8 Å². The van der Waals surface area contributed by atoms with Crippen LogP contribution in [0.4, 0.5) is 14.6 Å². The number of amides is 1. The highest BCUT2D eigenvalue weighted by molar-refractivity contribution is 6.09. The molecule has 3 aromatic heterocycles. The Bertz CT molecular complexity index is 1480. The van der Waals surface area contributed by atoms with Gasteiger partial charge in [0.25, 0.3) is 11.8 Å². The van der Waals surface area contributed by atoms with E-state index in [1.54, 1.807) is 23.4 Å². The number of nitrogens with zero attached hydrogens (tertiary/aromatic N) is 5. The fraction of sp³-hybridized carbons (Fsp3) is 0.346. The number of nitrogen functional groups attached to an aromatic ring is 1. The van der Waals surface area contributed by atoms with Crippen molar-refractivity contribution in [3.05, 3.63) is 47.3 Å². The third-order valence-electron chi connectivity index (χ3n) is 6.01. The molecule has 0 aromatic carbocycles. The van der Waals surface area contributed by atoms with E-state index in [9.17, 15) is 9.59 Å². The number of anilines is 1. The summed E-state index contributed by atoms with van der Waals surface area (Å²) < 4.78 is 42.1. The number of ether oxygens (including phenoxy) is 2. The van der Waals surface area contributed by atoms with Gasteiger partial charge in [-0.3, -0.25) is 14.3 Å². The van der Waals surface area contributed by atoms with Gasteiger partial charge in [-0.2, -0.15) is 18.9 Å². The molecule has 4 rings (SSSR count). The molecule has 1 unspecified atom stereocenters. The molecule has 1 atom stereocenters. The van der Waals surface area contributed by atoms with Gasteiger partial charge in [-0.05, 0) is 39.2 Å². The van der Waals surface area contributed by atoms with Crippen LogP contribution in [0, 0.1) is 23.5 Å². The number of carbonyl (C=O) groups is 2. The molecule has 1 amide bonds. The lowest BCUT2D eigenvalue weighted by Gasteiger charge is -2.16. The topological polar surface area (TPSA) is 125 Å². The molecule has 38 heavy (non-hydrogen) atoms. The summed E-state index contributed by atoms with van der Waals surface area (Å²) in [7, 11) is 0. The predicted octanol–water partition coefficient (Wildman–Crippen LogP) is 3.05. The SMILES string of the molecule is C=CC(=O)N1CCC(n2nc(C#Cc3c(F)c(OCC)nc(OCC)c3F)c3c(N)ncc(C(C)=O)c32)C1. The van der Waals surface area contributed by atoms with Crippen molar-refractivity contribution in [2.45, 2.75) is 33.2 Å². The van der Waals surface area contributed by atoms with Gasteiger partial charge in [0.15, 0.2) is 5.78 Å². The maximum Gasteiger partial charge on any atom is 0.255 e. The summed E-state index contributed by atoms with van der Waals surface area (Å²) in [5.74, 6) is 1.63. The number of rotatable bonds is 7. The van der Waals surface area contributed by atoms with E-state index in [-0.39, 0.29) is 53.4 Å². The van der Waals surface area contributed by atoms with E-state index in [1.165, 1.54) is 19.2 Å². The third kappa shape index (κ3) is 4.74. The van der Waals surface area contributed by atoms with E-state index >= 15 is 8.78 Å². The maximum absolute atomic E-state index is 15.1. The number of carbonyl (C=O) groups excluding carboxylic acids is 2. The quantitative estimate of drug-likeness (QED) is 0.284. The Morgan fingerprint density at radius 2 is 1.87 bits per heavy atom. The van der Waals surface area contributed by atoms with E-state index in [0.717, 1.165) is 0 Å². The molecule has 2 N–H and O–H groups in total. The van der Waals surface area contributed by atoms with Crippen LogP contribution in [-0.2, 0) is 4.79 Å². The molecule has 0 bridgehead atoms. The number of halogens is 2. The average molecular weight is 525 g/mol. The molecule has 3 aromatic rings. The zero-order chi connectivity index (χ0) is 27.6. The maximum atomic E-state index is 15.1. The summed E-state index contributed by atoms with van der Waals surface area (Å²) in [5, 5.41) is 4.84. The summed E-state index contributed by atoms with van der Waals surface area (Å²) in [4.78, 5) is 34.1. The van der Waals surface area contributed by atoms with Gasteiger partial charge in [-0.25, -0.2) is 4.98 Å². The summed E-state index contributed by atoms with van der Waals surface area (Å²) in [6, 6.07) is -0.305. The molecule has 198 valence electrons. The van der Waals surface area contributed by atoms with Crippen molar-refractivity contribution in [1.29, 1.82) is 0 Å². The number of nitrogens with two attached hydrogens (primary N) is 1. The molecule has 1 aliphatic heterocycles. The molecule has 0 radical (unpaired) electrons. The molecule has 1 fully saturated rings. The zero-order valence-electron chi connectivity index (χ0n) is 21.2. The van der Waals surface area contributed by atoms with Crippen LogP contribution in [0.25, 0.3) is 10.9 Å². The van der Waals surface area contributed by atoms with Crippen molar-refractivity contribution in [1.82, 2.24) is 24.6 Å². The highest BCUT2D eigenvalue weighted by Gasteiger charge is 2.31. The van der Waals surface area contributed by atoms with Crippen LogP contribution >= 0.6 is 0 Å². The van der Waals surface area contributed by atoms with E-state index < -0.39 is 29.0 Å². The van der Waals surface area contributed by atoms with Crippen molar-refractivity contribution >= 4 is 28.4 Å². The minimum absolute atomic E-state index is 0.0400. The highest BCUT2D eigenvalue weighted by Crippen LogP contribution is 2.33. The molecule has 1 saturated heterocycles. The molecule has 1 aliphatic rings. The Hall–Kier alpha value is -4.53. The normalized spacial score (nSPS) is 14.8. The number of pyridine rings is 2. The first-order chi connectivity index (χ1) is 18.2. The molecule has 0 saturated carbocycles. The molecular formula is C26H26F2N6O4. The fourth-order valence-electron chi connectivity index (χ4n) is 4.27. The lowest BCUT2D eigenvalue weighted by atomic mass is 10.1. The molecule has 0 spiro atoms. The molecule has 10 nitrogen and oxygen atoms in total. The van der Waals surface area contributed by atoms with Crippen molar-refractivity contribution in [3.63, 3.8) is 0 Å². The van der Waals surface area contributed by atoms with Gasteiger partial charge in [0.05, 0.1) is 35.7 Å². The van der Waals surface area contributed by atoms with Crippen LogP contribution in [-0.4, -0.2) is 62.6 Å². The minimum Gasteiger partial charge on any atom is -0.476 e. The summed E-state index contributed by atoms with van der Waals surface area (Å²) >= 11 is 0. The van der Waals surface area contributed by atoms with Crippen molar-refractivity contribution in [2.24, 2.45) is 0 Å². The predicted molar refractivity (Wildman–Crippen MR) is 135 cm³/mol. The van der Waals surface area contributed by atoms with Gasteiger partial charge in [-0.1, -0.05) is 12.5 Å². The standard InChI is InChI=1S/C26H26F2N6O4/c1-5-19(36)33-11-10-15(13-33)34-23-17(14(4)35)12-30-24(29)20(23)18(32-34)9-8-16-21(27)25(37-6-2)31-26(22(16)28)38-7-3/h5,12,15H,1,6-7,10-11,13H2,2-4H3,(H2,29,30). The van der Waals surface area contributed by atoms with Crippen LogP contribution in [0.3, 0.4) is 0 Å². The monoisotopic (exact) mass is 524 g/mol. The highest BCUT2D eigenvalue weighted by atomic mass is 19.1. The summed E-state index contributed by atoms with van der Waals surface area (Å²) in [6.45, 7) is 9.12. The Morgan fingerprint density at radius 1 is 1.21 bits per heavy atom. The Morgan fingerprint density at radius 3 is 2.45 bits per heavy atom. The lowest BCUT2D eigenvalue weighted by molar-refractivity contribution is -0.125. The van der Waals surface area contributed by atoms with Crippen LogP contribution < -0.4 is 15.2 Å². The number of hydrogen-bond acceptors (Lipinski definition) is 8. The van der Waals surface area contributed by atoms with Crippen LogP contribution in [0.1, 0.15) is 54.8 Å². The van der Waals surface area contributed by atoms with E-state index in [2.05, 4.69) is 33.5 Å². The molecule has 0 aliphatic carbocycles. The average Bonchev–Trinajstić information content (AvgIpc) is 3.52. The number of ketones is 1. The number of Topliss-reactive ketones (excluding diaryl/α,β-unsaturated/α-hetero) is 1. The second-order valence-electron chi connectivity index (χ2n) is 8.40. The summed E-state index contributed by atoms with van der Waals surface area (Å²) in [6.07, 6.45) is 3.13. The molecule has 12 heteroatoms. The zero-order valence-corrected chi connectivity index (χ0v) is 21.2. The van der Waals surface area contributed by atoms with Gasteiger partial charge < -0.3 is 20.1 Å². The van der Waals surface area contributed by atoms with Crippen molar-refractivity contribution in [3.8, 4) is 23.6 Å². The second kappa shape index (κ2) is 10.8. The van der Waals surface area contributed by atoms with E-state index in [4.69, 9.17) is 15.2 Å². The van der Waals surface area contributed by atoms with Crippen molar-refractivity contribution in [2.75, 3.05) is 32.0 Å². The molecule has 4 heterocycles. The van der Waals surface area contributed by atoms with Crippen molar-refractivity contribution < 1.29 is 27.8 Å². The second-order valence-corrected chi connectivity index (χ2v) is 8.40. The Labute approximate surface area is 217 Å². The van der Waals surface area contributed by atoms with Gasteiger partial charge in [0.1, 0.15) is 17.1 Å². The summed E-state index contributed by atoms with van der Waals surface area (Å²) in [5.41, 5.74) is 6.25. The number of likely N-dealkylation sites (tertiary alicyclic amines) is 1.